The number of nitrogens with zero attached hydrogens (tertiary/aromatic N) is 1. The second kappa shape index (κ2) is 6.53. The van der Waals surface area contributed by atoms with E-state index in [4.69, 9.17) is 23.2 Å². The number of nitrogens with one attached hydrogen (secondary N) is 2. The molecule has 0 aromatic heterocycles. The molecule has 21 heavy (non-hydrogen) atoms. The number of rotatable bonds is 4. The van der Waals surface area contributed by atoms with E-state index in [1.807, 2.05) is 0 Å². The minimum Gasteiger partial charge on any atom is -0.322 e. The van der Waals surface area contributed by atoms with Gasteiger partial charge in [0.25, 0.3) is 0 Å². The van der Waals surface area contributed by atoms with Crippen molar-refractivity contribution >= 4 is 34.8 Å². The second-order valence-electron chi connectivity index (χ2n) is 5.67. The summed E-state index contributed by atoms with van der Waals surface area (Å²) in [6.45, 7) is 2.63. The van der Waals surface area contributed by atoms with Gasteiger partial charge in [-0.05, 0) is 37.9 Å². The van der Waals surface area contributed by atoms with Crippen LogP contribution >= 0.6 is 23.2 Å². The summed E-state index contributed by atoms with van der Waals surface area (Å²) in [6, 6.07) is 6.20. The van der Waals surface area contributed by atoms with Crippen molar-refractivity contribution in [2.24, 2.45) is 0 Å². The van der Waals surface area contributed by atoms with Crippen molar-refractivity contribution in [3.8, 4) is 0 Å². The Morgan fingerprint density at radius 2 is 2.00 bits per heavy atom. The van der Waals surface area contributed by atoms with Gasteiger partial charge >= 0.3 is 0 Å². The topological polar surface area (TPSA) is 44.4 Å². The Morgan fingerprint density at radius 3 is 2.76 bits per heavy atom. The molecule has 1 amide bonds. The quantitative estimate of drug-likeness (QED) is 0.893. The van der Waals surface area contributed by atoms with Crippen LogP contribution in [-0.2, 0) is 4.79 Å². The summed E-state index contributed by atoms with van der Waals surface area (Å²) in [5.74, 6) is -0.110. The summed E-state index contributed by atoms with van der Waals surface area (Å²) in [6.07, 6.45) is 3.62. The molecule has 2 saturated heterocycles. The number of anilines is 1. The zero-order chi connectivity index (χ0) is 14.8. The summed E-state index contributed by atoms with van der Waals surface area (Å²) >= 11 is 12.1. The number of hydrogen-bond acceptors (Lipinski definition) is 3. The lowest BCUT2D eigenvalue weighted by Crippen LogP contribution is -2.42. The fourth-order valence-corrected chi connectivity index (χ4v) is 3.84. The molecule has 0 radical (unpaired) electrons. The van der Waals surface area contributed by atoms with E-state index in [0.29, 0.717) is 27.8 Å². The van der Waals surface area contributed by atoms with Crippen molar-refractivity contribution in [2.45, 2.75) is 31.3 Å². The lowest BCUT2D eigenvalue weighted by molar-refractivity contribution is -0.115. The summed E-state index contributed by atoms with van der Waals surface area (Å²) in [7, 11) is 0. The minimum absolute atomic E-state index is 0.110. The number of amides is 1. The van der Waals surface area contributed by atoms with Gasteiger partial charge in [-0.3, -0.25) is 9.69 Å². The Balaban J connectivity index is 1.53. The van der Waals surface area contributed by atoms with Crippen LogP contribution in [0.3, 0.4) is 0 Å². The maximum absolute atomic E-state index is 12.1. The van der Waals surface area contributed by atoms with Crippen molar-refractivity contribution in [1.29, 1.82) is 0 Å². The largest absolute Gasteiger partial charge is 0.322 e. The molecule has 4 nitrogen and oxygen atoms in total. The van der Waals surface area contributed by atoms with Gasteiger partial charge in [0.2, 0.25) is 5.91 Å². The summed E-state index contributed by atoms with van der Waals surface area (Å²) in [4.78, 5) is 14.6. The second-order valence-corrected chi connectivity index (χ2v) is 6.48. The molecule has 2 unspecified atom stereocenters. The van der Waals surface area contributed by atoms with Crippen LogP contribution < -0.4 is 10.6 Å². The highest BCUT2D eigenvalue weighted by Gasteiger charge is 2.36. The number of carbonyl (C=O) groups excluding carboxylic acids is 1. The SMILES string of the molecule is O=C(CNC1CCN2CCCC12)Nc1c(Cl)cccc1Cl. The van der Waals surface area contributed by atoms with E-state index in [-0.39, 0.29) is 12.5 Å². The maximum Gasteiger partial charge on any atom is 0.238 e. The van der Waals surface area contributed by atoms with Crippen molar-refractivity contribution in [2.75, 3.05) is 25.0 Å². The maximum atomic E-state index is 12.1. The van der Waals surface area contributed by atoms with Gasteiger partial charge in [0.05, 0.1) is 22.3 Å². The standard InChI is InChI=1S/C15H19Cl2N3O/c16-10-3-1-4-11(17)15(10)19-14(21)9-18-12-6-8-20-7-2-5-13(12)20/h1,3-4,12-13,18H,2,5-9H2,(H,19,21). The van der Waals surface area contributed by atoms with Crippen LogP contribution in [0.2, 0.25) is 10.0 Å². The van der Waals surface area contributed by atoms with E-state index in [1.54, 1.807) is 18.2 Å². The van der Waals surface area contributed by atoms with Crippen LogP contribution in [0.1, 0.15) is 19.3 Å². The third-order valence-corrected chi connectivity index (χ3v) is 4.99. The summed E-state index contributed by atoms with van der Waals surface area (Å²) in [5.41, 5.74) is 0.488. The Bertz CT molecular complexity index is 517. The predicted molar refractivity (Wildman–Crippen MR) is 86.1 cm³/mol. The lowest BCUT2D eigenvalue weighted by Gasteiger charge is -2.21. The molecule has 6 heteroatoms. The number of para-hydroxylation sites is 1. The van der Waals surface area contributed by atoms with Gasteiger partial charge in [-0.2, -0.15) is 0 Å². The molecule has 2 atom stereocenters. The molecule has 0 aliphatic carbocycles. The number of halogens is 2. The Morgan fingerprint density at radius 1 is 1.24 bits per heavy atom. The summed E-state index contributed by atoms with van der Waals surface area (Å²) < 4.78 is 0. The monoisotopic (exact) mass is 327 g/mol. The zero-order valence-electron chi connectivity index (χ0n) is 11.7. The predicted octanol–water partition coefficient (Wildman–Crippen LogP) is 2.76. The Labute approximate surface area is 134 Å². The van der Waals surface area contributed by atoms with Gasteiger partial charge < -0.3 is 10.6 Å². The molecular formula is C15H19Cl2N3O. The first kappa shape index (κ1) is 15.1. The fourth-order valence-electron chi connectivity index (χ4n) is 3.35. The third kappa shape index (κ3) is 3.34. The van der Waals surface area contributed by atoms with Gasteiger partial charge in [0.1, 0.15) is 0 Å². The molecular weight excluding hydrogens is 309 g/mol. The van der Waals surface area contributed by atoms with Crippen molar-refractivity contribution in [1.82, 2.24) is 10.2 Å². The van der Waals surface area contributed by atoms with E-state index in [1.165, 1.54) is 19.4 Å². The zero-order valence-corrected chi connectivity index (χ0v) is 13.3. The van der Waals surface area contributed by atoms with Crippen LogP contribution in [0.25, 0.3) is 0 Å². The molecule has 0 bridgehead atoms. The normalized spacial score (nSPS) is 25.0. The molecule has 1 aromatic rings. The van der Waals surface area contributed by atoms with Crippen LogP contribution in [0.5, 0.6) is 0 Å². The van der Waals surface area contributed by atoms with Gasteiger partial charge in [-0.15, -0.1) is 0 Å². The molecule has 3 rings (SSSR count). The highest BCUT2D eigenvalue weighted by molar-refractivity contribution is 6.39. The molecule has 0 spiro atoms. The first-order valence-corrected chi connectivity index (χ1v) is 8.12. The van der Waals surface area contributed by atoms with Gasteiger partial charge in [-0.25, -0.2) is 0 Å². The van der Waals surface area contributed by atoms with E-state index in [2.05, 4.69) is 15.5 Å². The van der Waals surface area contributed by atoms with E-state index in [0.717, 1.165) is 13.0 Å². The van der Waals surface area contributed by atoms with E-state index in [9.17, 15) is 4.79 Å². The molecule has 0 saturated carbocycles. The Kier molecular flexibility index (Phi) is 4.69. The first-order chi connectivity index (χ1) is 10.1. The van der Waals surface area contributed by atoms with Gasteiger partial charge in [0, 0.05) is 18.6 Å². The third-order valence-electron chi connectivity index (χ3n) is 4.36. The smallest absolute Gasteiger partial charge is 0.238 e. The number of hydrogen-bond donors (Lipinski definition) is 2. The minimum atomic E-state index is -0.110. The van der Waals surface area contributed by atoms with Crippen LogP contribution in [-0.4, -0.2) is 42.5 Å². The number of fused-ring (bicyclic) bond motifs is 1. The average Bonchev–Trinajstić information content (AvgIpc) is 3.04. The highest BCUT2D eigenvalue weighted by Crippen LogP contribution is 2.30. The molecule has 2 fully saturated rings. The van der Waals surface area contributed by atoms with Crippen molar-refractivity contribution in [3.05, 3.63) is 28.2 Å². The van der Waals surface area contributed by atoms with Crippen LogP contribution in [0.15, 0.2) is 18.2 Å². The van der Waals surface area contributed by atoms with Crippen molar-refractivity contribution in [3.63, 3.8) is 0 Å². The lowest BCUT2D eigenvalue weighted by atomic mass is 10.1. The average molecular weight is 328 g/mol. The Hall–Kier alpha value is -0.810. The molecule has 114 valence electrons. The number of benzene rings is 1. The molecule has 2 N–H and O–H groups in total. The molecule has 1 aromatic carbocycles. The van der Waals surface area contributed by atoms with Crippen LogP contribution in [0.4, 0.5) is 5.69 Å². The van der Waals surface area contributed by atoms with E-state index < -0.39 is 0 Å². The van der Waals surface area contributed by atoms with Gasteiger partial charge in [0.15, 0.2) is 0 Å². The molecule has 2 aliphatic rings. The van der Waals surface area contributed by atoms with Crippen LogP contribution in [0, 0.1) is 0 Å². The fraction of sp³-hybridized carbons (Fsp3) is 0.533. The summed E-state index contributed by atoms with van der Waals surface area (Å²) in [5, 5.41) is 7.07. The molecule has 2 heterocycles. The number of carbonyl (C=O) groups is 1. The first-order valence-electron chi connectivity index (χ1n) is 7.36. The molecule has 2 aliphatic heterocycles. The van der Waals surface area contributed by atoms with E-state index >= 15 is 0 Å². The highest BCUT2D eigenvalue weighted by atomic mass is 35.5. The van der Waals surface area contributed by atoms with Crippen molar-refractivity contribution < 1.29 is 4.79 Å². The van der Waals surface area contributed by atoms with Gasteiger partial charge in [-0.1, -0.05) is 29.3 Å².